The highest BCUT2D eigenvalue weighted by Crippen LogP contribution is 2.33. The molecule has 0 unspecified atom stereocenters. The Balaban J connectivity index is 3.68. The molecule has 0 aliphatic rings. The van der Waals surface area contributed by atoms with Gasteiger partial charge in [-0.25, -0.2) is 4.79 Å². The first-order chi connectivity index (χ1) is 6.91. The van der Waals surface area contributed by atoms with Gasteiger partial charge in [0.1, 0.15) is 0 Å². The second kappa shape index (κ2) is 5.31. The Morgan fingerprint density at radius 2 is 1.73 bits per heavy atom. The van der Waals surface area contributed by atoms with Crippen molar-refractivity contribution in [2.75, 3.05) is 5.73 Å². The van der Waals surface area contributed by atoms with E-state index >= 15 is 0 Å². The van der Waals surface area contributed by atoms with E-state index in [0.29, 0.717) is 22.0 Å². The summed E-state index contributed by atoms with van der Waals surface area (Å²) >= 11 is 5.83. The van der Waals surface area contributed by atoms with Gasteiger partial charge in [0.25, 0.3) is 0 Å². The van der Waals surface area contributed by atoms with E-state index in [9.17, 15) is 4.79 Å². The molecule has 1 aromatic rings. The summed E-state index contributed by atoms with van der Waals surface area (Å²) in [5, 5.41) is 18.2. The number of hydrogen-bond donors (Lipinski definition) is 3. The monoisotopic (exact) mass is 545 g/mol. The van der Waals surface area contributed by atoms with Crippen LogP contribution in [0.4, 0.5) is 5.69 Å². The molecule has 4 N–H and O–H groups in total. The SMILES string of the molecule is Nc1c(I)c(CO)c(I)c(C(=O)O)c1I. The van der Waals surface area contributed by atoms with E-state index in [1.807, 2.05) is 67.8 Å². The van der Waals surface area contributed by atoms with Crippen LogP contribution in [0.25, 0.3) is 0 Å². The Labute approximate surface area is 127 Å². The number of aliphatic hydroxyl groups excluding tert-OH is 1. The number of carboxylic acids is 1. The number of nitrogens with two attached hydrogens (primary N) is 1. The van der Waals surface area contributed by atoms with Crippen molar-refractivity contribution < 1.29 is 15.0 Å². The molecule has 7 heteroatoms. The average Bonchev–Trinajstić information content (AvgIpc) is 2.15. The zero-order valence-electron chi connectivity index (χ0n) is 7.22. The van der Waals surface area contributed by atoms with Crippen LogP contribution >= 0.6 is 67.8 Å². The van der Waals surface area contributed by atoms with E-state index in [0.717, 1.165) is 0 Å². The van der Waals surface area contributed by atoms with Gasteiger partial charge in [-0.3, -0.25) is 0 Å². The Hall–Kier alpha value is 0.640. The van der Waals surface area contributed by atoms with E-state index in [4.69, 9.17) is 15.9 Å². The minimum Gasteiger partial charge on any atom is -0.478 e. The number of aromatic carboxylic acids is 1. The third kappa shape index (κ3) is 2.49. The first-order valence-electron chi connectivity index (χ1n) is 3.70. The van der Waals surface area contributed by atoms with Crippen LogP contribution < -0.4 is 5.73 Å². The van der Waals surface area contributed by atoms with Crippen LogP contribution in [0.15, 0.2) is 0 Å². The zero-order chi connectivity index (χ0) is 11.7. The molecule has 1 rings (SSSR count). The van der Waals surface area contributed by atoms with Crippen molar-refractivity contribution >= 4 is 79.4 Å². The molecule has 0 bridgehead atoms. The molecule has 15 heavy (non-hydrogen) atoms. The van der Waals surface area contributed by atoms with E-state index in [-0.39, 0.29) is 12.2 Å². The molecule has 4 nitrogen and oxygen atoms in total. The quantitative estimate of drug-likeness (QED) is 0.394. The smallest absolute Gasteiger partial charge is 0.337 e. The minimum absolute atomic E-state index is 0.165. The molecule has 0 saturated heterocycles. The van der Waals surface area contributed by atoms with Gasteiger partial charge in [-0.15, -0.1) is 0 Å². The number of carboxylic acid groups (broad SMARTS) is 1. The van der Waals surface area contributed by atoms with Crippen LogP contribution in [0, 0.1) is 10.7 Å². The first-order valence-corrected chi connectivity index (χ1v) is 6.94. The second-order valence-corrected chi connectivity index (χ2v) is 5.91. The Morgan fingerprint density at radius 1 is 1.20 bits per heavy atom. The van der Waals surface area contributed by atoms with Gasteiger partial charge in [0, 0.05) is 12.7 Å². The molecule has 82 valence electrons. The largest absolute Gasteiger partial charge is 0.478 e. The maximum atomic E-state index is 11.0. The third-order valence-electron chi connectivity index (χ3n) is 1.81. The maximum Gasteiger partial charge on any atom is 0.337 e. The predicted octanol–water partition coefficient (Wildman–Crippen LogP) is 2.27. The average molecular weight is 545 g/mol. The highest BCUT2D eigenvalue weighted by Gasteiger charge is 2.22. The fourth-order valence-electron chi connectivity index (χ4n) is 1.06. The van der Waals surface area contributed by atoms with Gasteiger partial charge in [0.05, 0.1) is 21.4 Å². The number of rotatable bonds is 2. The number of benzene rings is 1. The summed E-state index contributed by atoms with van der Waals surface area (Å²) in [6.45, 7) is -0.210. The van der Waals surface area contributed by atoms with Gasteiger partial charge in [0.15, 0.2) is 0 Å². The van der Waals surface area contributed by atoms with E-state index < -0.39 is 5.97 Å². The molecule has 1 aromatic carbocycles. The summed E-state index contributed by atoms with van der Waals surface area (Å²) in [7, 11) is 0. The van der Waals surface area contributed by atoms with Crippen LogP contribution in [-0.2, 0) is 6.61 Å². The molecule has 0 fully saturated rings. The summed E-state index contributed by atoms with van der Waals surface area (Å²) in [5.41, 5.74) is 6.93. The second-order valence-electron chi connectivity index (χ2n) is 2.67. The topological polar surface area (TPSA) is 83.5 Å². The van der Waals surface area contributed by atoms with Crippen molar-refractivity contribution in [1.82, 2.24) is 0 Å². The van der Waals surface area contributed by atoms with Crippen molar-refractivity contribution in [2.24, 2.45) is 0 Å². The van der Waals surface area contributed by atoms with E-state index in [2.05, 4.69) is 0 Å². The van der Waals surface area contributed by atoms with Crippen LogP contribution in [0.1, 0.15) is 15.9 Å². The Morgan fingerprint density at radius 3 is 2.13 bits per heavy atom. The molecule has 0 radical (unpaired) electrons. The standard InChI is InChI=1S/C8H6I3NO3/c9-4-2(1-13)5(10)7(12)6(11)3(4)8(14)15/h13H,1,12H2,(H,14,15). The third-order valence-corrected chi connectivity index (χ3v) is 5.36. The summed E-state index contributed by atoms with van der Waals surface area (Å²) in [6.07, 6.45) is 0. The normalized spacial score (nSPS) is 10.4. The molecule has 0 saturated carbocycles. The molecule has 0 aliphatic heterocycles. The Kier molecular flexibility index (Phi) is 4.85. The van der Waals surface area contributed by atoms with Gasteiger partial charge in [-0.1, -0.05) is 0 Å². The summed E-state index contributed by atoms with van der Waals surface area (Å²) in [6, 6.07) is 0. The van der Waals surface area contributed by atoms with Crippen molar-refractivity contribution in [1.29, 1.82) is 0 Å². The molecule has 0 aromatic heterocycles. The Bertz CT molecular complexity index is 434. The fraction of sp³-hybridized carbons (Fsp3) is 0.125. The lowest BCUT2D eigenvalue weighted by molar-refractivity contribution is 0.0694. The van der Waals surface area contributed by atoms with Crippen molar-refractivity contribution in [3.63, 3.8) is 0 Å². The van der Waals surface area contributed by atoms with Gasteiger partial charge in [-0.2, -0.15) is 0 Å². The predicted molar refractivity (Wildman–Crippen MR) is 81.9 cm³/mol. The van der Waals surface area contributed by atoms with Crippen LogP contribution in [0.2, 0.25) is 0 Å². The maximum absolute atomic E-state index is 11.0. The lowest BCUT2D eigenvalue weighted by atomic mass is 10.1. The number of nitrogen functional groups attached to an aromatic ring is 1. The van der Waals surface area contributed by atoms with E-state index in [1.54, 1.807) is 0 Å². The van der Waals surface area contributed by atoms with E-state index in [1.165, 1.54) is 0 Å². The first kappa shape index (κ1) is 13.7. The molecule has 0 amide bonds. The highest BCUT2D eigenvalue weighted by atomic mass is 127. The fourth-order valence-corrected chi connectivity index (χ4v) is 5.03. The lowest BCUT2D eigenvalue weighted by Gasteiger charge is -2.13. The van der Waals surface area contributed by atoms with Crippen LogP contribution in [0.3, 0.4) is 0 Å². The zero-order valence-corrected chi connectivity index (χ0v) is 13.7. The summed E-state index contributed by atoms with van der Waals surface area (Å²) in [5.74, 6) is -1.03. The molecular weight excluding hydrogens is 539 g/mol. The number of anilines is 1. The van der Waals surface area contributed by atoms with Gasteiger partial charge >= 0.3 is 5.97 Å². The van der Waals surface area contributed by atoms with Crippen molar-refractivity contribution in [2.45, 2.75) is 6.61 Å². The minimum atomic E-state index is -1.03. The summed E-state index contributed by atoms with van der Waals surface area (Å²) < 4.78 is 1.78. The number of carbonyl (C=O) groups is 1. The van der Waals surface area contributed by atoms with Crippen LogP contribution in [0.5, 0.6) is 0 Å². The van der Waals surface area contributed by atoms with Crippen molar-refractivity contribution in [3.8, 4) is 0 Å². The van der Waals surface area contributed by atoms with Gasteiger partial charge in [0.2, 0.25) is 0 Å². The number of aliphatic hydroxyl groups is 1. The molecule has 0 spiro atoms. The summed E-state index contributed by atoms with van der Waals surface area (Å²) in [4.78, 5) is 11.0. The van der Waals surface area contributed by atoms with Crippen LogP contribution in [-0.4, -0.2) is 16.2 Å². The van der Waals surface area contributed by atoms with Gasteiger partial charge in [-0.05, 0) is 67.8 Å². The van der Waals surface area contributed by atoms with Gasteiger partial charge < -0.3 is 15.9 Å². The highest BCUT2D eigenvalue weighted by molar-refractivity contribution is 14.1. The lowest BCUT2D eigenvalue weighted by Crippen LogP contribution is -2.11. The molecule has 0 aliphatic carbocycles. The molecular formula is C8H6I3NO3. The molecule has 0 atom stereocenters. The number of hydrogen-bond acceptors (Lipinski definition) is 3. The number of halogens is 3. The van der Waals surface area contributed by atoms with Crippen molar-refractivity contribution in [3.05, 3.63) is 21.8 Å². The molecule has 0 heterocycles.